The van der Waals surface area contributed by atoms with Crippen LogP contribution in [-0.2, 0) is 16.2 Å². The van der Waals surface area contributed by atoms with Crippen LogP contribution < -0.4 is 19.7 Å². The number of hydrogen-bond acceptors (Lipinski definition) is 7. The van der Waals surface area contributed by atoms with Gasteiger partial charge in [0.05, 0.1) is 22.2 Å². The van der Waals surface area contributed by atoms with Gasteiger partial charge in [0.25, 0.3) is 17.5 Å². The van der Waals surface area contributed by atoms with Gasteiger partial charge < -0.3 is 9.47 Å². The lowest BCUT2D eigenvalue weighted by atomic mass is 10.1. The Hall–Kier alpha value is -4.77. The maximum atomic E-state index is 14.3. The number of imide groups is 2. The molecule has 0 aromatic heterocycles. The zero-order chi connectivity index (χ0) is 27.4. The molecule has 1 N–H and O–H groups in total. The molecule has 0 atom stereocenters. The number of carbonyl (C=O) groups is 3. The van der Waals surface area contributed by atoms with E-state index in [4.69, 9.17) is 21.1 Å². The molecule has 1 saturated heterocycles. The van der Waals surface area contributed by atoms with Crippen LogP contribution in [0, 0.1) is 15.9 Å². The smallest absolute Gasteiger partial charge is 0.336 e. The zero-order valence-corrected chi connectivity index (χ0v) is 20.5. The topological polar surface area (TPSA) is 128 Å². The average Bonchev–Trinajstić information content (AvgIpc) is 2.87. The van der Waals surface area contributed by atoms with Crippen LogP contribution in [0.25, 0.3) is 6.08 Å². The van der Waals surface area contributed by atoms with Crippen molar-refractivity contribution >= 4 is 46.9 Å². The van der Waals surface area contributed by atoms with E-state index in [1.54, 1.807) is 19.1 Å². The summed E-state index contributed by atoms with van der Waals surface area (Å²) in [5.74, 6) is -2.41. The molecule has 0 bridgehead atoms. The summed E-state index contributed by atoms with van der Waals surface area (Å²) in [5.41, 5.74) is 0.128. The van der Waals surface area contributed by atoms with Crippen molar-refractivity contribution in [2.24, 2.45) is 0 Å². The minimum atomic E-state index is -1.08. The number of halogens is 2. The lowest BCUT2D eigenvalue weighted by Gasteiger charge is -2.26. The number of hydrogen-bond donors (Lipinski definition) is 1. The van der Waals surface area contributed by atoms with E-state index in [0.717, 1.165) is 6.07 Å². The highest BCUT2D eigenvalue weighted by Gasteiger charge is 2.38. The fraction of sp³-hybridized carbons (Fsp3) is 0.115. The van der Waals surface area contributed by atoms with Crippen molar-refractivity contribution in [1.29, 1.82) is 0 Å². The molecular formula is C26H19ClFN3O7. The molecule has 0 aliphatic carbocycles. The Morgan fingerprint density at radius 3 is 2.45 bits per heavy atom. The lowest BCUT2D eigenvalue weighted by Crippen LogP contribution is -2.54. The molecule has 4 rings (SSSR count). The van der Waals surface area contributed by atoms with Gasteiger partial charge in [0.1, 0.15) is 18.0 Å². The Kier molecular flexibility index (Phi) is 7.68. The third-order valence-electron chi connectivity index (χ3n) is 5.37. The maximum Gasteiger partial charge on any atom is 0.336 e. The number of benzene rings is 3. The molecule has 12 heteroatoms. The Morgan fingerprint density at radius 2 is 1.79 bits per heavy atom. The van der Waals surface area contributed by atoms with E-state index >= 15 is 0 Å². The minimum absolute atomic E-state index is 0.0266. The number of urea groups is 1. The van der Waals surface area contributed by atoms with Crippen molar-refractivity contribution in [2.45, 2.75) is 13.5 Å². The zero-order valence-electron chi connectivity index (χ0n) is 19.8. The standard InChI is InChI=1S/C26H19ClFN3O7/c1-2-37-22-13-16(12-19(27)23(22)38-14-15-7-9-17(10-8-15)31(35)36)11-18-24(32)29-26(34)30(25(18)33)21-6-4-3-5-20(21)28/h3-13H,2,14H2,1H3,(H,29,32,34)/b18-11-. The van der Waals surface area contributed by atoms with Crippen LogP contribution in [0.5, 0.6) is 11.5 Å². The first-order chi connectivity index (χ1) is 18.2. The summed E-state index contributed by atoms with van der Waals surface area (Å²) in [4.78, 5) is 48.8. The van der Waals surface area contributed by atoms with E-state index in [9.17, 15) is 28.9 Å². The van der Waals surface area contributed by atoms with Crippen molar-refractivity contribution in [3.63, 3.8) is 0 Å². The van der Waals surface area contributed by atoms with E-state index in [-0.39, 0.29) is 46.7 Å². The molecule has 0 saturated carbocycles. The summed E-state index contributed by atoms with van der Waals surface area (Å²) in [7, 11) is 0. The van der Waals surface area contributed by atoms with Gasteiger partial charge >= 0.3 is 6.03 Å². The fourth-order valence-corrected chi connectivity index (χ4v) is 3.89. The second kappa shape index (κ2) is 11.1. The van der Waals surface area contributed by atoms with Gasteiger partial charge in [-0.05, 0) is 60.5 Å². The van der Waals surface area contributed by atoms with Crippen LogP contribution in [0.4, 0.5) is 20.6 Å². The number of nitrogens with one attached hydrogen (secondary N) is 1. The predicted octanol–water partition coefficient (Wildman–Crippen LogP) is 5.03. The number of nitro benzene ring substituents is 1. The summed E-state index contributed by atoms with van der Waals surface area (Å²) in [6, 6.07) is 12.8. The van der Waals surface area contributed by atoms with Crippen LogP contribution in [0.3, 0.4) is 0 Å². The quantitative estimate of drug-likeness (QED) is 0.184. The van der Waals surface area contributed by atoms with Gasteiger partial charge in [-0.25, -0.2) is 14.1 Å². The molecule has 3 aromatic carbocycles. The maximum absolute atomic E-state index is 14.3. The molecule has 194 valence electrons. The van der Waals surface area contributed by atoms with Crippen LogP contribution in [0.15, 0.2) is 66.2 Å². The number of para-hydroxylation sites is 1. The number of rotatable bonds is 8. The first-order valence-electron chi connectivity index (χ1n) is 11.2. The number of ether oxygens (including phenoxy) is 2. The van der Waals surface area contributed by atoms with Crippen molar-refractivity contribution in [2.75, 3.05) is 11.5 Å². The molecular weight excluding hydrogens is 521 g/mol. The van der Waals surface area contributed by atoms with Gasteiger partial charge in [0.2, 0.25) is 0 Å². The minimum Gasteiger partial charge on any atom is -0.490 e. The summed E-state index contributed by atoms with van der Waals surface area (Å²) in [5, 5.41) is 13.0. The molecule has 0 unspecified atom stereocenters. The Bertz CT molecular complexity index is 1470. The van der Waals surface area contributed by atoms with E-state index in [1.807, 2.05) is 5.32 Å². The largest absolute Gasteiger partial charge is 0.490 e. The molecule has 1 aliphatic rings. The summed E-state index contributed by atoms with van der Waals surface area (Å²) < 4.78 is 25.7. The summed E-state index contributed by atoms with van der Waals surface area (Å²) in [6.45, 7) is 1.99. The molecule has 38 heavy (non-hydrogen) atoms. The molecule has 3 aromatic rings. The van der Waals surface area contributed by atoms with Gasteiger partial charge in [-0.2, -0.15) is 0 Å². The molecule has 1 fully saturated rings. The first kappa shape index (κ1) is 26.3. The van der Waals surface area contributed by atoms with Crippen molar-refractivity contribution in [3.8, 4) is 11.5 Å². The van der Waals surface area contributed by atoms with Gasteiger partial charge in [0.15, 0.2) is 11.5 Å². The van der Waals surface area contributed by atoms with Crippen molar-refractivity contribution in [1.82, 2.24) is 5.32 Å². The average molecular weight is 540 g/mol. The lowest BCUT2D eigenvalue weighted by molar-refractivity contribution is -0.384. The molecule has 1 aliphatic heterocycles. The Morgan fingerprint density at radius 1 is 1.08 bits per heavy atom. The molecule has 4 amide bonds. The number of amides is 4. The summed E-state index contributed by atoms with van der Waals surface area (Å²) in [6.07, 6.45) is 1.20. The van der Waals surface area contributed by atoms with Gasteiger partial charge in [0, 0.05) is 12.1 Å². The number of nitrogens with zero attached hydrogens (tertiary/aromatic N) is 2. The van der Waals surface area contributed by atoms with Crippen molar-refractivity contribution in [3.05, 3.63) is 98.3 Å². The number of non-ortho nitro benzene ring substituents is 1. The van der Waals surface area contributed by atoms with Crippen LogP contribution >= 0.6 is 11.6 Å². The molecule has 0 spiro atoms. The molecule has 0 radical (unpaired) electrons. The third-order valence-corrected chi connectivity index (χ3v) is 5.65. The number of anilines is 1. The number of nitro groups is 1. The van der Waals surface area contributed by atoms with Crippen LogP contribution in [0.1, 0.15) is 18.1 Å². The molecule has 1 heterocycles. The highest BCUT2D eigenvalue weighted by atomic mass is 35.5. The van der Waals surface area contributed by atoms with E-state index < -0.39 is 34.2 Å². The number of carbonyl (C=O) groups excluding carboxylic acids is 3. The second-order valence-corrected chi connectivity index (χ2v) is 8.29. The predicted molar refractivity (Wildman–Crippen MR) is 135 cm³/mol. The number of barbiturate groups is 1. The van der Waals surface area contributed by atoms with Crippen molar-refractivity contribution < 1.29 is 33.2 Å². The highest BCUT2D eigenvalue weighted by Crippen LogP contribution is 2.38. The third kappa shape index (κ3) is 5.47. The van der Waals surface area contributed by atoms with E-state index in [2.05, 4.69) is 0 Å². The normalized spacial score (nSPS) is 14.4. The Balaban J connectivity index is 1.64. The van der Waals surface area contributed by atoms with Gasteiger partial charge in [-0.1, -0.05) is 23.7 Å². The Labute approximate surface area is 220 Å². The molecule has 10 nitrogen and oxygen atoms in total. The second-order valence-electron chi connectivity index (χ2n) is 7.88. The monoisotopic (exact) mass is 539 g/mol. The highest BCUT2D eigenvalue weighted by molar-refractivity contribution is 6.39. The van der Waals surface area contributed by atoms with Crippen LogP contribution in [0.2, 0.25) is 5.02 Å². The van der Waals surface area contributed by atoms with E-state index in [0.29, 0.717) is 10.5 Å². The van der Waals surface area contributed by atoms with Gasteiger partial charge in [-0.3, -0.25) is 25.0 Å². The van der Waals surface area contributed by atoms with E-state index in [1.165, 1.54) is 48.5 Å². The first-order valence-corrected chi connectivity index (χ1v) is 11.6. The SMILES string of the molecule is CCOc1cc(/C=C2/C(=O)NC(=O)N(c3ccccc3F)C2=O)cc(Cl)c1OCc1ccc([N+](=O)[O-])cc1. The fourth-order valence-electron chi connectivity index (χ4n) is 3.62. The summed E-state index contributed by atoms with van der Waals surface area (Å²) >= 11 is 6.44. The van der Waals surface area contributed by atoms with Crippen LogP contribution in [-0.4, -0.2) is 29.4 Å². The van der Waals surface area contributed by atoms with Gasteiger partial charge in [-0.15, -0.1) is 0 Å².